The number of nitrogens with one attached hydrogen (secondary N) is 7. The molecule has 2 aliphatic rings. The molecule has 0 spiro atoms. The average molecular weight is 1330 g/mol. The molecule has 6 atom stereocenters. The van der Waals surface area contributed by atoms with Crippen molar-refractivity contribution in [2.24, 2.45) is 5.73 Å². The molecule has 11 rings (SSSR count). The van der Waals surface area contributed by atoms with Gasteiger partial charge in [0.05, 0.1) is 35.3 Å². The molecular weight excluding hydrogens is 1280 g/mol. The molecule has 9 heterocycles. The molecule has 33 heteroatoms. The summed E-state index contributed by atoms with van der Waals surface area (Å²) in [6, 6.07) is 6.92. The minimum atomic E-state index is -1.85. The number of cyclic esters (lactones) is 1. The van der Waals surface area contributed by atoms with Crippen LogP contribution < -0.4 is 37.6 Å². The maximum absolute atomic E-state index is 14.6. The smallest absolute Gasteiger partial charge is 0.335 e. The molecule has 0 aliphatic carbocycles. The van der Waals surface area contributed by atoms with Crippen LogP contribution in [0, 0.1) is 12.7 Å². The number of rotatable bonds is 8. The molecule has 0 fully saturated rings. The summed E-state index contributed by atoms with van der Waals surface area (Å²) in [5.41, 5.74) is 6.96. The Balaban J connectivity index is 1.01. The molecule has 0 radical (unpaired) electrons. The number of carbonyl (C=O) groups is 8. The summed E-state index contributed by atoms with van der Waals surface area (Å²) in [5.74, 6) is -7.35. The number of nitrogens with two attached hydrogens (primary N) is 1. The van der Waals surface area contributed by atoms with Gasteiger partial charge in [-0.1, -0.05) is 42.1 Å². The van der Waals surface area contributed by atoms with E-state index < -0.39 is 101 Å². The summed E-state index contributed by atoms with van der Waals surface area (Å²) in [6.07, 6.45) is -2.34. The fraction of sp³-hybridized carbons (Fsp3) is 0.228. The zero-order valence-corrected chi connectivity index (χ0v) is 51.9. The number of para-hydroxylation sites is 1. The van der Waals surface area contributed by atoms with Crippen molar-refractivity contribution in [3.05, 3.63) is 142 Å². The number of thiazole rings is 5. The Labute approximate surface area is 532 Å². The van der Waals surface area contributed by atoms with Crippen molar-refractivity contribution in [2.75, 3.05) is 17.6 Å². The number of pyridine rings is 1. The highest BCUT2D eigenvalue weighted by Crippen LogP contribution is 2.42. The number of hydrogen-bond acceptors (Lipinski definition) is 25. The van der Waals surface area contributed by atoms with E-state index >= 15 is 0 Å². The van der Waals surface area contributed by atoms with E-state index in [0.717, 1.165) is 68.4 Å². The third kappa shape index (κ3) is 13.2. The number of aliphatic hydroxyl groups excluding tert-OH is 2. The molecule has 2 aliphatic heterocycles. The normalized spacial score (nSPS) is 18.9. The Morgan fingerprint density at radius 3 is 2.19 bits per heavy atom. The topological polar surface area (TPSA) is 398 Å². The number of allylic oxidation sites excluding steroid dienone is 1. The molecule has 6 amide bonds. The van der Waals surface area contributed by atoms with Crippen LogP contribution in [-0.4, -0.2) is 133 Å². The van der Waals surface area contributed by atoms with E-state index in [0.29, 0.717) is 22.0 Å². The van der Waals surface area contributed by atoms with E-state index in [1.807, 2.05) is 0 Å². The number of aliphatic hydroxyl groups is 2. The standard InChI is InChI=1S/C57H49FN14O12S6/c1-4-27-52-68-33(18-87-52)46(77)63-30-13-39(75)56(82)84-15-24-8-7-11-29-40(24)22(2)41(61-29)57(83)90-21-37(65-48(79)34-19-88-53(30)69-34)54-66-32(16-86-54)43-25(51-67-36(17-85-51)49(80)72-42(23(3)73)50(81)62-27)12-38(74)44(71-43)55-70-35(20-89-55)47(78)64-31(45(59)76)14-60-28-10-6-5-9-26(28)58/h4-12,16-20,23,30-31,37,39,42,60-61,73-75H,13-15,21H2,1-3H3,(H2,59,76)(H,62,81)(H,63,77)(H,64,78)(H,65,79)(H,72,80)/b27-4-/t23-,30+,31?,37+,39-,42+/m1/s1. The molecular formula is C57H49FN14O12S6. The highest BCUT2D eigenvalue weighted by molar-refractivity contribution is 8.14. The lowest BCUT2D eigenvalue weighted by molar-refractivity contribution is -0.155. The Morgan fingerprint density at radius 1 is 0.800 bits per heavy atom. The minimum absolute atomic E-state index is 0.00384. The predicted octanol–water partition coefficient (Wildman–Crippen LogP) is 5.99. The molecule has 2 aromatic carbocycles. The van der Waals surface area contributed by atoms with Gasteiger partial charge in [0.1, 0.15) is 95.2 Å². The molecule has 1 unspecified atom stereocenters. The van der Waals surface area contributed by atoms with Crippen LogP contribution in [0.2, 0.25) is 0 Å². The number of benzene rings is 2. The third-order valence-corrected chi connectivity index (χ3v) is 19.5. The molecule has 7 aromatic heterocycles. The second-order valence-corrected chi connectivity index (χ2v) is 25.5. The van der Waals surface area contributed by atoms with Crippen molar-refractivity contribution in [1.82, 2.24) is 61.5 Å². The van der Waals surface area contributed by atoms with Gasteiger partial charge in [0.25, 0.3) is 23.6 Å². The summed E-state index contributed by atoms with van der Waals surface area (Å²) in [7, 11) is 0. The van der Waals surface area contributed by atoms with Crippen molar-refractivity contribution < 1.29 is 62.8 Å². The first-order chi connectivity index (χ1) is 43.2. The second-order valence-electron chi connectivity index (χ2n) is 20.2. The summed E-state index contributed by atoms with van der Waals surface area (Å²) in [4.78, 5) is 142. The van der Waals surface area contributed by atoms with Crippen LogP contribution in [0.25, 0.3) is 49.3 Å². The minimum Gasteiger partial charge on any atom is -0.506 e. The third-order valence-electron chi connectivity index (χ3n) is 14.1. The number of nitrogens with zero attached hydrogens (tertiary/aromatic N) is 6. The van der Waals surface area contributed by atoms with Gasteiger partial charge < -0.3 is 62.7 Å². The number of ether oxygens (including phenoxy) is 1. The number of halogens is 1. The van der Waals surface area contributed by atoms with E-state index in [-0.39, 0.29) is 106 Å². The maximum Gasteiger partial charge on any atom is 0.335 e. The SMILES string of the molecule is C/C=C1\NC(=O)[C@H]([C@@H](C)O)NC(=O)c2csc(n2)-c2cc(O)c(-c3nc(C(=O)NC(CNc4ccccc4F)C(N)=O)cs3)nc2-c2csc(n2)[C@@H]2CSC(=O)c3[nH]c4cccc(c4c3C)COC(=O)[C@H](O)C[C@H](NC(=O)c3csc1n3)c1nc(cs1)C(=O)N2. The first kappa shape index (κ1) is 62.4. The average Bonchev–Trinajstić information content (AvgIpc) is 1.63. The van der Waals surface area contributed by atoms with E-state index in [1.54, 1.807) is 43.5 Å². The number of fused-ring (bicyclic) bond motifs is 13. The Hall–Kier alpha value is -9.22. The number of anilines is 1. The number of hydrogen-bond donors (Lipinski definition) is 11. The molecule has 12 N–H and O–H groups in total. The first-order valence-corrected chi connectivity index (χ1v) is 32.4. The number of aromatic nitrogens is 7. The summed E-state index contributed by atoms with van der Waals surface area (Å²) < 4.78 is 20.0. The van der Waals surface area contributed by atoms with Gasteiger partial charge in [-0.3, -0.25) is 33.6 Å². The van der Waals surface area contributed by atoms with E-state index in [1.165, 1.54) is 58.8 Å². The lowest BCUT2D eigenvalue weighted by atomic mass is 10.1. The van der Waals surface area contributed by atoms with Gasteiger partial charge in [-0.05, 0) is 56.2 Å². The van der Waals surface area contributed by atoms with Crippen LogP contribution in [0.4, 0.5) is 10.1 Å². The van der Waals surface area contributed by atoms with Gasteiger partial charge >= 0.3 is 5.97 Å². The maximum atomic E-state index is 14.6. The van der Waals surface area contributed by atoms with Gasteiger partial charge in [0.15, 0.2) is 6.10 Å². The fourth-order valence-electron chi connectivity index (χ4n) is 9.45. The lowest BCUT2D eigenvalue weighted by Gasteiger charge is -2.21. The fourth-order valence-corrected chi connectivity index (χ4v) is 14.6. The van der Waals surface area contributed by atoms with Crippen LogP contribution in [0.5, 0.6) is 5.75 Å². The van der Waals surface area contributed by atoms with Gasteiger partial charge in [-0.15, -0.1) is 56.7 Å². The predicted molar refractivity (Wildman–Crippen MR) is 334 cm³/mol. The van der Waals surface area contributed by atoms with Gasteiger partial charge in [0.2, 0.25) is 16.9 Å². The largest absolute Gasteiger partial charge is 0.506 e. The zero-order chi connectivity index (χ0) is 63.7. The number of amides is 6. The molecule has 0 saturated carbocycles. The number of H-pyrrole nitrogens is 1. The Kier molecular flexibility index (Phi) is 18.3. The monoisotopic (exact) mass is 1330 g/mol. The highest BCUT2D eigenvalue weighted by Gasteiger charge is 2.34. The van der Waals surface area contributed by atoms with Crippen molar-refractivity contribution in [3.63, 3.8) is 0 Å². The van der Waals surface area contributed by atoms with E-state index in [4.69, 9.17) is 20.4 Å². The summed E-state index contributed by atoms with van der Waals surface area (Å²) >= 11 is 5.65. The number of carbonyl (C=O) groups excluding carboxylic acids is 8. The summed E-state index contributed by atoms with van der Waals surface area (Å²) in [5, 5.41) is 58.2. The molecule has 0 saturated heterocycles. The van der Waals surface area contributed by atoms with Crippen LogP contribution >= 0.6 is 68.4 Å². The lowest BCUT2D eigenvalue weighted by Crippen LogP contribution is -2.52. The van der Waals surface area contributed by atoms with Crippen LogP contribution in [0.1, 0.15) is 111 Å². The van der Waals surface area contributed by atoms with Crippen LogP contribution in [0.15, 0.2) is 81.5 Å². The molecule has 90 heavy (non-hydrogen) atoms. The number of thioether (sulfide) groups is 1. The Bertz CT molecular complexity index is 4380. The summed E-state index contributed by atoms with van der Waals surface area (Å²) in [6.45, 7) is 3.99. The molecule has 12 bridgehead atoms. The zero-order valence-electron chi connectivity index (χ0n) is 47.0. The van der Waals surface area contributed by atoms with Crippen molar-refractivity contribution in [2.45, 2.75) is 70.2 Å². The van der Waals surface area contributed by atoms with E-state index in [2.05, 4.69) is 56.8 Å². The first-order valence-electron chi connectivity index (χ1n) is 27.0. The van der Waals surface area contributed by atoms with Crippen LogP contribution in [-0.2, 0) is 25.7 Å². The number of esters is 1. The van der Waals surface area contributed by atoms with Gasteiger partial charge in [-0.2, -0.15) is 0 Å². The molecule has 462 valence electrons. The number of aromatic hydroxyl groups is 1. The van der Waals surface area contributed by atoms with Gasteiger partial charge in [0, 0.05) is 62.1 Å². The second kappa shape index (κ2) is 26.5. The highest BCUT2D eigenvalue weighted by atomic mass is 32.2. The van der Waals surface area contributed by atoms with Crippen molar-refractivity contribution >= 4 is 137 Å². The number of aryl methyl sites for hydroxylation is 1. The van der Waals surface area contributed by atoms with E-state index in [9.17, 15) is 58.1 Å². The molecule has 26 nitrogen and oxygen atoms in total. The van der Waals surface area contributed by atoms with Crippen molar-refractivity contribution in [3.8, 4) is 38.4 Å². The van der Waals surface area contributed by atoms with Crippen LogP contribution in [0.3, 0.4) is 0 Å². The quantitative estimate of drug-likeness (QED) is 0.0778. The van der Waals surface area contributed by atoms with Crippen molar-refractivity contribution in [1.29, 1.82) is 0 Å². The Morgan fingerprint density at radius 2 is 1.46 bits per heavy atom. The number of primary amides is 1. The molecule has 9 aromatic rings. The number of aromatic amines is 1. The van der Waals surface area contributed by atoms with Gasteiger partial charge in [-0.25, -0.2) is 39.1 Å².